The van der Waals surface area contributed by atoms with Gasteiger partial charge < -0.3 is 10.4 Å². The minimum absolute atomic E-state index is 0.238. The molecule has 7 heteroatoms. The number of aromatic carboxylic acids is 1. The lowest BCUT2D eigenvalue weighted by atomic mass is 10.1. The zero-order chi connectivity index (χ0) is 19.3. The summed E-state index contributed by atoms with van der Waals surface area (Å²) >= 11 is 0. The number of nitrogens with one attached hydrogen (secondary N) is 1. The summed E-state index contributed by atoms with van der Waals surface area (Å²) in [5.74, 6) is -0.963. The Morgan fingerprint density at radius 3 is 2.48 bits per heavy atom. The van der Waals surface area contributed by atoms with E-state index in [1.807, 2.05) is 18.2 Å². The number of carbonyl (C=O) groups is 1. The molecule has 1 aliphatic rings. The fourth-order valence-electron chi connectivity index (χ4n) is 3.30. The van der Waals surface area contributed by atoms with Crippen molar-refractivity contribution in [1.29, 1.82) is 0 Å². The minimum atomic E-state index is -3.49. The van der Waals surface area contributed by atoms with Crippen LogP contribution in [0.3, 0.4) is 0 Å². The quantitative estimate of drug-likeness (QED) is 0.762. The fourth-order valence-corrected chi connectivity index (χ4v) is 5.04. The Morgan fingerprint density at radius 1 is 1.00 bits per heavy atom. The van der Waals surface area contributed by atoms with Crippen LogP contribution in [0.2, 0.25) is 0 Å². The molecule has 0 aliphatic carbocycles. The van der Waals surface area contributed by atoms with Crippen molar-refractivity contribution in [3.8, 4) is 0 Å². The lowest BCUT2D eigenvalue weighted by Crippen LogP contribution is -2.36. The van der Waals surface area contributed by atoms with Gasteiger partial charge in [-0.2, -0.15) is 4.31 Å². The van der Waals surface area contributed by atoms with Crippen molar-refractivity contribution in [3.63, 3.8) is 0 Å². The van der Waals surface area contributed by atoms with E-state index in [-0.39, 0.29) is 5.56 Å². The molecule has 27 heavy (non-hydrogen) atoms. The molecule has 0 saturated carbocycles. The average molecular weight is 388 g/mol. The van der Waals surface area contributed by atoms with Crippen molar-refractivity contribution >= 4 is 16.0 Å². The maximum Gasteiger partial charge on any atom is 0.335 e. The molecule has 0 aromatic heterocycles. The number of hydrogen-bond acceptors (Lipinski definition) is 4. The van der Waals surface area contributed by atoms with Crippen molar-refractivity contribution in [2.45, 2.75) is 37.2 Å². The van der Waals surface area contributed by atoms with E-state index >= 15 is 0 Å². The van der Waals surface area contributed by atoms with Crippen molar-refractivity contribution < 1.29 is 18.3 Å². The Bertz CT molecular complexity index is 906. The van der Waals surface area contributed by atoms with Crippen LogP contribution in [0, 0.1) is 0 Å². The van der Waals surface area contributed by atoms with Gasteiger partial charge in [-0.1, -0.05) is 36.8 Å². The zero-order valence-electron chi connectivity index (χ0n) is 15.1. The van der Waals surface area contributed by atoms with Crippen LogP contribution >= 0.6 is 0 Å². The van der Waals surface area contributed by atoms with Crippen LogP contribution in [0.1, 0.15) is 40.7 Å². The van der Waals surface area contributed by atoms with E-state index in [9.17, 15) is 13.2 Å². The summed E-state index contributed by atoms with van der Waals surface area (Å²) in [6.45, 7) is 2.00. The number of carboxylic acid groups (broad SMARTS) is 1. The highest BCUT2D eigenvalue weighted by atomic mass is 32.2. The molecule has 0 bridgehead atoms. The largest absolute Gasteiger partial charge is 0.478 e. The molecule has 0 unspecified atom stereocenters. The van der Waals surface area contributed by atoms with Gasteiger partial charge in [-0.15, -0.1) is 0 Å². The number of rotatable bonds is 7. The normalized spacial score (nSPS) is 15.6. The van der Waals surface area contributed by atoms with E-state index in [0.29, 0.717) is 31.1 Å². The third kappa shape index (κ3) is 4.74. The second kappa shape index (κ2) is 8.65. The molecule has 1 fully saturated rings. The van der Waals surface area contributed by atoms with E-state index in [1.165, 1.54) is 0 Å². The highest BCUT2D eigenvalue weighted by Crippen LogP contribution is 2.23. The molecule has 0 amide bonds. The van der Waals surface area contributed by atoms with Gasteiger partial charge in [-0.3, -0.25) is 0 Å². The van der Waals surface area contributed by atoms with Crippen LogP contribution in [0.5, 0.6) is 0 Å². The molecule has 0 atom stereocenters. The van der Waals surface area contributed by atoms with E-state index < -0.39 is 16.0 Å². The first-order valence-electron chi connectivity index (χ1n) is 9.09. The Labute approximate surface area is 159 Å². The Balaban J connectivity index is 1.71. The lowest BCUT2D eigenvalue weighted by Gasteiger charge is -2.26. The number of nitrogens with zero attached hydrogens (tertiary/aromatic N) is 1. The Hall–Kier alpha value is -2.22. The minimum Gasteiger partial charge on any atom is -0.478 e. The molecule has 0 spiro atoms. The molecule has 0 radical (unpaired) electrons. The van der Waals surface area contributed by atoms with Crippen molar-refractivity contribution in [1.82, 2.24) is 9.62 Å². The molecule has 2 aromatic carbocycles. The monoisotopic (exact) mass is 388 g/mol. The van der Waals surface area contributed by atoms with Crippen LogP contribution in [0.15, 0.2) is 53.4 Å². The summed E-state index contributed by atoms with van der Waals surface area (Å²) in [5.41, 5.74) is 1.80. The summed E-state index contributed by atoms with van der Waals surface area (Å²) in [6, 6.07) is 13.8. The van der Waals surface area contributed by atoms with Gasteiger partial charge in [0.05, 0.1) is 10.5 Å². The van der Waals surface area contributed by atoms with E-state index in [2.05, 4.69) is 5.32 Å². The molecule has 1 aliphatic heterocycles. The third-order valence-electron chi connectivity index (χ3n) is 4.72. The molecular weight excluding hydrogens is 364 g/mol. The molecular formula is C20H24N2O4S. The van der Waals surface area contributed by atoms with E-state index in [4.69, 9.17) is 5.11 Å². The van der Waals surface area contributed by atoms with Crippen LogP contribution in [0.4, 0.5) is 0 Å². The molecule has 6 nitrogen and oxygen atoms in total. The van der Waals surface area contributed by atoms with Gasteiger partial charge >= 0.3 is 5.97 Å². The predicted octanol–water partition coefficient (Wildman–Crippen LogP) is 2.85. The highest BCUT2D eigenvalue weighted by molar-refractivity contribution is 7.89. The predicted molar refractivity (Wildman–Crippen MR) is 103 cm³/mol. The lowest BCUT2D eigenvalue weighted by molar-refractivity contribution is 0.0696. The standard InChI is InChI=1S/C20H24N2O4S/c23-20(24)17-9-6-7-16(13-17)14-21-15-18-8-2-3-10-19(18)27(25,26)22-11-4-1-5-12-22/h2-3,6-10,13,21H,1,4-5,11-12,14-15H2,(H,23,24). The fraction of sp³-hybridized carbons (Fsp3) is 0.350. The van der Waals surface area contributed by atoms with Gasteiger partial charge in [0.15, 0.2) is 0 Å². The van der Waals surface area contributed by atoms with Gasteiger partial charge in [0.25, 0.3) is 0 Å². The smallest absolute Gasteiger partial charge is 0.335 e. The molecule has 2 aromatic rings. The van der Waals surface area contributed by atoms with E-state index in [1.54, 1.807) is 34.6 Å². The third-order valence-corrected chi connectivity index (χ3v) is 6.72. The Morgan fingerprint density at radius 2 is 1.74 bits per heavy atom. The van der Waals surface area contributed by atoms with E-state index in [0.717, 1.165) is 30.4 Å². The first-order valence-corrected chi connectivity index (χ1v) is 10.5. The van der Waals surface area contributed by atoms with Crippen molar-refractivity contribution in [3.05, 3.63) is 65.2 Å². The van der Waals surface area contributed by atoms with Crippen LogP contribution < -0.4 is 5.32 Å². The number of piperidine rings is 1. The van der Waals surface area contributed by atoms with Crippen LogP contribution in [-0.2, 0) is 23.1 Å². The van der Waals surface area contributed by atoms with Crippen molar-refractivity contribution in [2.24, 2.45) is 0 Å². The maximum atomic E-state index is 13.0. The second-order valence-corrected chi connectivity index (χ2v) is 8.59. The summed E-state index contributed by atoms with van der Waals surface area (Å²) in [5, 5.41) is 12.3. The maximum absolute atomic E-state index is 13.0. The molecule has 2 N–H and O–H groups in total. The average Bonchev–Trinajstić information content (AvgIpc) is 2.69. The summed E-state index contributed by atoms with van der Waals surface area (Å²) in [7, 11) is -3.49. The number of carboxylic acids is 1. The molecule has 1 heterocycles. The number of benzene rings is 2. The summed E-state index contributed by atoms with van der Waals surface area (Å²) in [4.78, 5) is 11.4. The van der Waals surface area contributed by atoms with Gasteiger partial charge in [-0.25, -0.2) is 13.2 Å². The topological polar surface area (TPSA) is 86.7 Å². The van der Waals surface area contributed by atoms with Crippen LogP contribution in [0.25, 0.3) is 0 Å². The number of sulfonamides is 1. The first kappa shape index (κ1) is 19.5. The molecule has 144 valence electrons. The highest BCUT2D eigenvalue weighted by Gasteiger charge is 2.27. The SMILES string of the molecule is O=C(O)c1cccc(CNCc2ccccc2S(=O)(=O)N2CCCCC2)c1. The zero-order valence-corrected chi connectivity index (χ0v) is 15.9. The summed E-state index contributed by atoms with van der Waals surface area (Å²) in [6.07, 6.45) is 2.88. The van der Waals surface area contributed by atoms with Gasteiger partial charge in [0.1, 0.15) is 0 Å². The molecule has 1 saturated heterocycles. The Kier molecular flexibility index (Phi) is 6.26. The second-order valence-electron chi connectivity index (χ2n) is 6.68. The van der Waals surface area contributed by atoms with Crippen LogP contribution in [-0.4, -0.2) is 36.9 Å². The van der Waals surface area contributed by atoms with Crippen molar-refractivity contribution in [2.75, 3.05) is 13.1 Å². The first-order chi connectivity index (χ1) is 13.0. The number of hydrogen-bond donors (Lipinski definition) is 2. The van der Waals surface area contributed by atoms with Gasteiger partial charge in [-0.05, 0) is 42.2 Å². The molecule has 3 rings (SSSR count). The van der Waals surface area contributed by atoms with Gasteiger partial charge in [0.2, 0.25) is 10.0 Å². The summed E-state index contributed by atoms with van der Waals surface area (Å²) < 4.78 is 27.6. The van der Waals surface area contributed by atoms with Gasteiger partial charge in [0, 0.05) is 26.2 Å².